The first-order valence-corrected chi connectivity index (χ1v) is 9.86. The molecule has 0 bridgehead atoms. The molecule has 5 nitrogen and oxygen atoms in total. The average Bonchev–Trinajstić information content (AvgIpc) is 2.67. The number of benzene rings is 1. The topological polar surface area (TPSA) is 60.1 Å². The van der Waals surface area contributed by atoms with E-state index < -0.39 is 0 Å². The minimum Gasteiger partial charge on any atom is -0.381 e. The number of nitrogens with zero attached hydrogens (tertiary/aromatic N) is 2. The van der Waals surface area contributed by atoms with Crippen molar-refractivity contribution in [2.45, 2.75) is 32.1 Å². The van der Waals surface area contributed by atoms with Crippen LogP contribution in [0.15, 0.2) is 29.3 Å². The zero-order valence-electron chi connectivity index (χ0n) is 14.6. The molecule has 2 aliphatic heterocycles. The van der Waals surface area contributed by atoms with Gasteiger partial charge in [-0.05, 0) is 24.0 Å². The van der Waals surface area contributed by atoms with Gasteiger partial charge in [-0.1, -0.05) is 24.3 Å². The fourth-order valence-electron chi connectivity index (χ4n) is 2.86. The van der Waals surface area contributed by atoms with Crippen molar-refractivity contribution < 1.29 is 9.47 Å². The summed E-state index contributed by atoms with van der Waals surface area (Å²) in [6.07, 6.45) is 2.34. The van der Waals surface area contributed by atoms with Crippen LogP contribution in [0, 0.1) is 0 Å². The Morgan fingerprint density at radius 3 is 2.48 bits per heavy atom. The van der Waals surface area contributed by atoms with Crippen LogP contribution in [-0.4, -0.2) is 54.8 Å². The lowest BCUT2D eigenvalue weighted by molar-refractivity contribution is -0.0390. The smallest absolute Gasteiger partial charge is 0.191 e. The molecule has 140 valence electrons. The number of thioether (sulfide) groups is 1. The van der Waals surface area contributed by atoms with Gasteiger partial charge in [-0.25, -0.2) is 4.99 Å². The summed E-state index contributed by atoms with van der Waals surface area (Å²) in [6, 6.07) is 8.48. The fourth-order valence-corrected chi connectivity index (χ4v) is 3.77. The lowest BCUT2D eigenvalue weighted by atomic mass is 10.1. The van der Waals surface area contributed by atoms with Crippen LogP contribution in [0.1, 0.15) is 24.0 Å². The third-order valence-electron chi connectivity index (χ3n) is 4.44. The Balaban J connectivity index is 0.00000225. The van der Waals surface area contributed by atoms with Gasteiger partial charge >= 0.3 is 0 Å². The maximum absolute atomic E-state index is 6.09. The highest BCUT2D eigenvalue weighted by molar-refractivity contribution is 14.0. The molecule has 0 aromatic heterocycles. The maximum atomic E-state index is 6.09. The quantitative estimate of drug-likeness (QED) is 0.402. The molecule has 2 N–H and O–H groups in total. The van der Waals surface area contributed by atoms with Gasteiger partial charge in [0.2, 0.25) is 0 Å². The predicted octanol–water partition coefficient (Wildman–Crippen LogP) is 2.86. The van der Waals surface area contributed by atoms with Gasteiger partial charge in [-0.15, -0.1) is 24.0 Å². The van der Waals surface area contributed by atoms with Gasteiger partial charge in [-0.3, -0.25) is 0 Å². The summed E-state index contributed by atoms with van der Waals surface area (Å²) in [7, 11) is 0. The molecule has 1 aromatic rings. The molecule has 0 aliphatic carbocycles. The summed E-state index contributed by atoms with van der Waals surface area (Å²) in [4.78, 5) is 6.71. The fraction of sp³-hybridized carbons (Fsp3) is 0.611. The van der Waals surface area contributed by atoms with E-state index in [1.165, 1.54) is 11.1 Å². The van der Waals surface area contributed by atoms with E-state index in [0.717, 1.165) is 50.7 Å². The maximum Gasteiger partial charge on any atom is 0.191 e. The van der Waals surface area contributed by atoms with Gasteiger partial charge in [0.25, 0.3) is 0 Å². The Morgan fingerprint density at radius 2 is 1.80 bits per heavy atom. The van der Waals surface area contributed by atoms with Gasteiger partial charge in [0, 0.05) is 37.8 Å². The van der Waals surface area contributed by atoms with Crippen LogP contribution in [-0.2, 0) is 22.6 Å². The summed E-state index contributed by atoms with van der Waals surface area (Å²) >= 11 is 1.98. The van der Waals surface area contributed by atoms with Crippen LogP contribution in [0.25, 0.3) is 0 Å². The number of aliphatic imine (C=N–C) groups is 1. The highest BCUT2D eigenvalue weighted by Gasteiger charge is 2.14. The number of rotatable bonds is 5. The van der Waals surface area contributed by atoms with E-state index in [1.807, 2.05) is 11.8 Å². The molecule has 2 aliphatic rings. The van der Waals surface area contributed by atoms with E-state index in [0.29, 0.717) is 25.2 Å². The molecular weight excluding hydrogens is 449 g/mol. The highest BCUT2D eigenvalue weighted by atomic mass is 127. The van der Waals surface area contributed by atoms with E-state index in [4.69, 9.17) is 15.2 Å². The van der Waals surface area contributed by atoms with Crippen molar-refractivity contribution >= 4 is 41.7 Å². The van der Waals surface area contributed by atoms with E-state index in [9.17, 15) is 0 Å². The summed E-state index contributed by atoms with van der Waals surface area (Å²) in [6.45, 7) is 4.95. The predicted molar refractivity (Wildman–Crippen MR) is 115 cm³/mol. The number of ether oxygens (including phenoxy) is 2. The molecule has 2 heterocycles. The zero-order chi connectivity index (χ0) is 16.6. The molecule has 0 saturated carbocycles. The number of hydrogen-bond donors (Lipinski definition) is 1. The van der Waals surface area contributed by atoms with Crippen molar-refractivity contribution in [3.05, 3.63) is 35.4 Å². The number of halogens is 1. The van der Waals surface area contributed by atoms with Gasteiger partial charge in [0.05, 0.1) is 19.3 Å². The molecule has 2 fully saturated rings. The van der Waals surface area contributed by atoms with Crippen molar-refractivity contribution in [3.8, 4) is 0 Å². The van der Waals surface area contributed by atoms with E-state index in [2.05, 4.69) is 34.2 Å². The largest absolute Gasteiger partial charge is 0.381 e. The molecule has 0 unspecified atom stereocenters. The third-order valence-corrected chi connectivity index (χ3v) is 5.38. The first kappa shape index (κ1) is 20.8. The average molecular weight is 477 g/mol. The summed E-state index contributed by atoms with van der Waals surface area (Å²) in [5, 5.41) is 0. The number of hydrogen-bond acceptors (Lipinski definition) is 4. The minimum absolute atomic E-state index is 0. The van der Waals surface area contributed by atoms with Crippen LogP contribution in [0.3, 0.4) is 0 Å². The lowest BCUT2D eigenvalue weighted by Gasteiger charge is -2.27. The van der Waals surface area contributed by atoms with Crippen LogP contribution < -0.4 is 5.73 Å². The summed E-state index contributed by atoms with van der Waals surface area (Å²) in [5.74, 6) is 2.94. The Labute approximate surface area is 171 Å². The normalized spacial score (nSPS) is 19.5. The lowest BCUT2D eigenvalue weighted by Crippen LogP contribution is -2.42. The van der Waals surface area contributed by atoms with E-state index >= 15 is 0 Å². The summed E-state index contributed by atoms with van der Waals surface area (Å²) in [5.41, 5.74) is 8.48. The van der Waals surface area contributed by atoms with Crippen molar-refractivity contribution in [3.63, 3.8) is 0 Å². The van der Waals surface area contributed by atoms with Crippen LogP contribution in [0.5, 0.6) is 0 Å². The summed E-state index contributed by atoms with van der Waals surface area (Å²) < 4.78 is 11.3. The number of guanidine groups is 1. The van der Waals surface area contributed by atoms with Gasteiger partial charge < -0.3 is 20.1 Å². The van der Waals surface area contributed by atoms with Crippen molar-refractivity contribution in [2.75, 3.05) is 37.8 Å². The first-order chi connectivity index (χ1) is 11.8. The monoisotopic (exact) mass is 477 g/mol. The second-order valence-electron chi connectivity index (χ2n) is 6.21. The van der Waals surface area contributed by atoms with Crippen molar-refractivity contribution in [1.82, 2.24) is 4.90 Å². The Hall–Kier alpha value is -0.510. The van der Waals surface area contributed by atoms with Crippen molar-refractivity contribution in [1.29, 1.82) is 0 Å². The van der Waals surface area contributed by atoms with Crippen LogP contribution in [0.2, 0.25) is 0 Å². The molecule has 0 radical (unpaired) electrons. The number of nitrogens with two attached hydrogens (primary N) is 1. The second kappa shape index (κ2) is 11.3. The molecule has 0 amide bonds. The molecule has 0 atom stereocenters. The molecule has 7 heteroatoms. The van der Waals surface area contributed by atoms with E-state index in [-0.39, 0.29) is 24.0 Å². The molecule has 0 spiro atoms. The van der Waals surface area contributed by atoms with E-state index in [1.54, 1.807) is 0 Å². The third kappa shape index (κ3) is 6.96. The van der Waals surface area contributed by atoms with Gasteiger partial charge in [0.15, 0.2) is 5.96 Å². The van der Waals surface area contributed by atoms with Crippen LogP contribution >= 0.6 is 35.7 Å². The zero-order valence-corrected chi connectivity index (χ0v) is 17.7. The Morgan fingerprint density at radius 1 is 1.16 bits per heavy atom. The molecule has 1 aromatic carbocycles. The standard InChI is InChI=1S/C18H27N3O2S.HI/c19-18(21-7-11-24-12-8-21)20-13-15-1-3-16(4-2-15)14-23-17-5-9-22-10-6-17;/h1-4,17H,5-14H2,(H2,19,20);1H. The molecule has 2 saturated heterocycles. The molecule has 25 heavy (non-hydrogen) atoms. The SMILES string of the molecule is I.NC(=NCc1ccc(COC2CCOCC2)cc1)N1CCSCC1. The van der Waals surface area contributed by atoms with Gasteiger partial charge in [-0.2, -0.15) is 11.8 Å². The highest BCUT2D eigenvalue weighted by Crippen LogP contribution is 2.14. The molecule has 3 rings (SSSR count). The molecular formula is C18H28IN3O2S. The first-order valence-electron chi connectivity index (χ1n) is 8.71. The second-order valence-corrected chi connectivity index (χ2v) is 7.44. The minimum atomic E-state index is 0. The van der Waals surface area contributed by atoms with Gasteiger partial charge in [0.1, 0.15) is 0 Å². The Kier molecular flexibility index (Phi) is 9.36. The van der Waals surface area contributed by atoms with Crippen LogP contribution in [0.4, 0.5) is 0 Å². The Bertz CT molecular complexity index is 530. The van der Waals surface area contributed by atoms with Crippen molar-refractivity contribution in [2.24, 2.45) is 10.7 Å².